The number of aryl methyl sites for hydroxylation is 1. The van der Waals surface area contributed by atoms with Gasteiger partial charge in [-0.15, -0.1) is 0 Å². The van der Waals surface area contributed by atoms with E-state index in [-0.39, 0.29) is 10.8 Å². The van der Waals surface area contributed by atoms with Gasteiger partial charge in [-0.05, 0) is 53.5 Å². The Bertz CT molecular complexity index is 1130. The molecule has 2 aliphatic rings. The zero-order valence-corrected chi connectivity index (χ0v) is 17.0. The summed E-state index contributed by atoms with van der Waals surface area (Å²) in [6.07, 6.45) is 4.27. The van der Waals surface area contributed by atoms with Crippen molar-refractivity contribution in [2.24, 2.45) is 23.8 Å². The second-order valence-electron chi connectivity index (χ2n) is 9.18. The first kappa shape index (κ1) is 17.4. The summed E-state index contributed by atoms with van der Waals surface area (Å²) in [5.41, 5.74) is 5.21. The summed E-state index contributed by atoms with van der Waals surface area (Å²) in [5.74, 6) is 1.70. The van der Waals surface area contributed by atoms with Crippen LogP contribution in [0.15, 0.2) is 54.1 Å². The largest absolute Gasteiger partial charge is 0.327 e. The van der Waals surface area contributed by atoms with Gasteiger partial charge in [-0.3, -0.25) is 4.79 Å². The minimum absolute atomic E-state index is 0.0585. The molecule has 0 amide bonds. The minimum atomic E-state index is -0.198. The molecule has 0 spiro atoms. The molecule has 2 aromatic carbocycles. The highest BCUT2D eigenvalue weighted by molar-refractivity contribution is 6.08. The van der Waals surface area contributed by atoms with Crippen molar-refractivity contribution in [1.82, 2.24) is 9.55 Å². The van der Waals surface area contributed by atoms with Gasteiger partial charge in [0, 0.05) is 18.0 Å². The van der Waals surface area contributed by atoms with Gasteiger partial charge in [0.15, 0.2) is 5.78 Å². The highest BCUT2D eigenvalue weighted by atomic mass is 16.1. The number of para-hydroxylation sites is 2. The van der Waals surface area contributed by atoms with Crippen LogP contribution in [0.1, 0.15) is 39.2 Å². The van der Waals surface area contributed by atoms with Crippen molar-refractivity contribution in [3.05, 3.63) is 59.7 Å². The molecule has 2 aliphatic carbocycles. The maximum absolute atomic E-state index is 13.1. The number of carbonyl (C=O) groups excluding carboxylic acids is 1. The lowest BCUT2D eigenvalue weighted by Gasteiger charge is -2.31. The number of hydrogen-bond donors (Lipinski definition) is 0. The molecule has 2 saturated carbocycles. The number of nitrogens with zero attached hydrogens (tertiary/aromatic N) is 2. The van der Waals surface area contributed by atoms with Crippen LogP contribution in [0.3, 0.4) is 0 Å². The van der Waals surface area contributed by atoms with Gasteiger partial charge >= 0.3 is 0 Å². The van der Waals surface area contributed by atoms with Crippen molar-refractivity contribution >= 4 is 22.9 Å². The van der Waals surface area contributed by atoms with Crippen LogP contribution in [0.4, 0.5) is 0 Å². The fourth-order valence-electron chi connectivity index (χ4n) is 5.41. The van der Waals surface area contributed by atoms with Crippen molar-refractivity contribution < 1.29 is 4.79 Å². The fraction of sp³-hybridized carbons (Fsp3) is 0.360. The van der Waals surface area contributed by atoms with E-state index in [1.54, 1.807) is 0 Å². The first-order valence-corrected chi connectivity index (χ1v) is 10.1. The zero-order chi connectivity index (χ0) is 19.7. The minimum Gasteiger partial charge on any atom is -0.327 e. The van der Waals surface area contributed by atoms with Crippen LogP contribution in [0.5, 0.6) is 0 Å². The summed E-state index contributed by atoms with van der Waals surface area (Å²) < 4.78 is 2.13. The summed E-state index contributed by atoms with van der Waals surface area (Å²) in [5, 5.41) is 0. The molecule has 5 rings (SSSR count). The standard InChI is InChI=1S/C25H26N2O/c1-24(2)19-13-14-25(24,3)22(28)18(19)15-16-9-11-17(12-10-16)23-26-20-7-5-6-8-21(20)27(23)4/h5-12,15,19H,13-14H2,1-4H3. The second-order valence-corrected chi connectivity index (χ2v) is 9.18. The van der Waals surface area contributed by atoms with Crippen LogP contribution >= 0.6 is 0 Å². The van der Waals surface area contributed by atoms with Gasteiger partial charge in [0.2, 0.25) is 0 Å². The molecule has 2 fully saturated rings. The van der Waals surface area contributed by atoms with E-state index in [1.807, 2.05) is 18.2 Å². The van der Waals surface area contributed by atoms with E-state index >= 15 is 0 Å². The molecule has 0 N–H and O–H groups in total. The number of rotatable bonds is 2. The van der Waals surface area contributed by atoms with E-state index in [4.69, 9.17) is 4.98 Å². The van der Waals surface area contributed by atoms with Gasteiger partial charge in [0.1, 0.15) is 5.82 Å². The summed E-state index contributed by atoms with van der Waals surface area (Å²) in [6, 6.07) is 16.6. The highest BCUT2D eigenvalue weighted by Crippen LogP contribution is 2.65. The molecule has 2 atom stereocenters. The summed E-state index contributed by atoms with van der Waals surface area (Å²) in [6.45, 7) is 6.68. The third-order valence-electron chi connectivity index (χ3n) is 7.64. The molecule has 2 bridgehead atoms. The van der Waals surface area contributed by atoms with Crippen LogP contribution in [-0.4, -0.2) is 15.3 Å². The molecule has 3 nitrogen and oxygen atoms in total. The predicted molar refractivity (Wildman–Crippen MR) is 114 cm³/mol. The maximum atomic E-state index is 13.1. The normalized spacial score (nSPS) is 27.2. The molecule has 142 valence electrons. The van der Waals surface area contributed by atoms with E-state index in [1.165, 1.54) is 0 Å². The quantitative estimate of drug-likeness (QED) is 0.546. The van der Waals surface area contributed by atoms with Gasteiger partial charge in [0.25, 0.3) is 0 Å². The summed E-state index contributed by atoms with van der Waals surface area (Å²) in [7, 11) is 2.05. The second kappa shape index (κ2) is 5.66. The van der Waals surface area contributed by atoms with Crippen LogP contribution in [0.2, 0.25) is 0 Å². The van der Waals surface area contributed by atoms with Crippen molar-refractivity contribution in [3.63, 3.8) is 0 Å². The smallest absolute Gasteiger partial charge is 0.165 e. The maximum Gasteiger partial charge on any atom is 0.165 e. The lowest BCUT2D eigenvalue weighted by molar-refractivity contribution is -0.125. The van der Waals surface area contributed by atoms with E-state index in [0.717, 1.165) is 46.4 Å². The van der Waals surface area contributed by atoms with Gasteiger partial charge in [-0.25, -0.2) is 4.98 Å². The van der Waals surface area contributed by atoms with E-state index in [0.29, 0.717) is 11.7 Å². The Morgan fingerprint density at radius 1 is 1.07 bits per heavy atom. The molecule has 0 aliphatic heterocycles. The summed E-state index contributed by atoms with van der Waals surface area (Å²) in [4.78, 5) is 17.8. The average molecular weight is 370 g/mol. The SMILES string of the molecule is Cn1c(-c2ccc(C=C3C(=O)C4(C)CCC3C4(C)C)cc2)nc2ccccc21. The Balaban J connectivity index is 1.50. The highest BCUT2D eigenvalue weighted by Gasteiger charge is 2.63. The van der Waals surface area contributed by atoms with Crippen LogP contribution in [0, 0.1) is 16.7 Å². The number of carbonyl (C=O) groups is 1. The molecular weight excluding hydrogens is 344 g/mol. The number of benzene rings is 2. The molecule has 0 saturated heterocycles. The number of hydrogen-bond acceptors (Lipinski definition) is 2. The molecule has 2 unspecified atom stereocenters. The number of aromatic nitrogens is 2. The van der Waals surface area contributed by atoms with Crippen molar-refractivity contribution in [3.8, 4) is 11.4 Å². The van der Waals surface area contributed by atoms with Gasteiger partial charge in [-0.2, -0.15) is 0 Å². The number of fused-ring (bicyclic) bond motifs is 3. The Morgan fingerprint density at radius 3 is 2.43 bits per heavy atom. The molecular formula is C25H26N2O. The number of Topliss-reactive ketones (excluding diaryl/α,β-unsaturated/α-hetero) is 1. The molecule has 0 radical (unpaired) electrons. The monoisotopic (exact) mass is 370 g/mol. The van der Waals surface area contributed by atoms with Gasteiger partial charge < -0.3 is 4.57 Å². The van der Waals surface area contributed by atoms with Gasteiger partial charge in [-0.1, -0.05) is 57.2 Å². The van der Waals surface area contributed by atoms with E-state index < -0.39 is 0 Å². The van der Waals surface area contributed by atoms with E-state index in [9.17, 15) is 4.79 Å². The lowest BCUT2D eigenvalue weighted by atomic mass is 9.70. The zero-order valence-electron chi connectivity index (χ0n) is 17.0. The Morgan fingerprint density at radius 2 is 1.79 bits per heavy atom. The van der Waals surface area contributed by atoms with Crippen molar-refractivity contribution in [2.45, 2.75) is 33.6 Å². The lowest BCUT2D eigenvalue weighted by Crippen LogP contribution is -2.32. The molecule has 28 heavy (non-hydrogen) atoms. The Labute approximate surface area is 166 Å². The van der Waals surface area contributed by atoms with Crippen LogP contribution < -0.4 is 0 Å². The number of allylic oxidation sites excluding steroid dienone is 1. The molecule has 1 heterocycles. The molecule has 1 aromatic heterocycles. The van der Waals surface area contributed by atoms with Crippen molar-refractivity contribution in [2.75, 3.05) is 0 Å². The summed E-state index contributed by atoms with van der Waals surface area (Å²) >= 11 is 0. The van der Waals surface area contributed by atoms with Crippen LogP contribution in [0.25, 0.3) is 28.5 Å². The van der Waals surface area contributed by atoms with Crippen molar-refractivity contribution in [1.29, 1.82) is 0 Å². The van der Waals surface area contributed by atoms with E-state index in [2.05, 4.69) is 68.8 Å². The number of imidazole rings is 1. The number of ketones is 1. The average Bonchev–Trinajstić information content (AvgIpc) is 3.19. The molecule has 3 aromatic rings. The predicted octanol–water partition coefficient (Wildman–Crippen LogP) is 5.65. The first-order chi connectivity index (χ1) is 13.3. The third-order valence-corrected chi connectivity index (χ3v) is 7.64. The first-order valence-electron chi connectivity index (χ1n) is 10.1. The van der Waals surface area contributed by atoms with Gasteiger partial charge in [0.05, 0.1) is 11.0 Å². The Kier molecular flexibility index (Phi) is 3.52. The fourth-order valence-corrected chi connectivity index (χ4v) is 5.41. The molecule has 3 heteroatoms. The van der Waals surface area contributed by atoms with Crippen LogP contribution in [-0.2, 0) is 11.8 Å². The Hall–Kier alpha value is -2.68. The topological polar surface area (TPSA) is 34.9 Å². The third kappa shape index (κ3) is 2.16.